The van der Waals surface area contributed by atoms with Gasteiger partial charge in [-0.2, -0.15) is 0 Å². The van der Waals surface area contributed by atoms with E-state index in [1.54, 1.807) is 27.7 Å². The molecule has 0 fully saturated rings. The number of hydrogen-bond donors (Lipinski definition) is 2. The van der Waals surface area contributed by atoms with Crippen LogP contribution in [0.25, 0.3) is 0 Å². The Balaban J connectivity index is 0. The van der Waals surface area contributed by atoms with Gasteiger partial charge in [-0.15, -0.1) is 0 Å². The first-order chi connectivity index (χ1) is 7.67. The molecule has 0 aromatic heterocycles. The third kappa shape index (κ3) is 12.8. The van der Waals surface area contributed by atoms with Gasteiger partial charge in [-0.05, 0) is 27.7 Å². The van der Waals surface area contributed by atoms with Crippen LogP contribution in [0.15, 0.2) is 0 Å². The summed E-state index contributed by atoms with van der Waals surface area (Å²) in [5.41, 5.74) is 4.54. The Morgan fingerprint density at radius 2 is 1.71 bits per heavy atom. The number of hydrogen-bond acceptors (Lipinski definition) is 4. The van der Waals surface area contributed by atoms with Gasteiger partial charge in [0, 0.05) is 0 Å². The van der Waals surface area contributed by atoms with Gasteiger partial charge in [0.2, 0.25) is 5.91 Å². The van der Waals surface area contributed by atoms with Gasteiger partial charge in [0.25, 0.3) is 0 Å². The molecule has 0 bridgehead atoms. The largest absolute Gasteiger partial charge is 0.458 e. The average molecular weight is 246 g/mol. The quantitative estimate of drug-likeness (QED) is 0.733. The standard InChI is InChI=1S/C9H18N2O3.C3H8/c1-6(11-7(12)5-10)8(13)14-9(2,3)4;1-3-2/h6H,5,10H2,1-4H3,(H,11,12);3H2,1-2H3/t6-;/m0./s1. The molecule has 0 radical (unpaired) electrons. The van der Waals surface area contributed by atoms with Crippen molar-refractivity contribution in [2.24, 2.45) is 5.73 Å². The van der Waals surface area contributed by atoms with Crippen molar-refractivity contribution in [1.29, 1.82) is 0 Å². The Hall–Kier alpha value is -1.10. The first kappa shape index (κ1) is 18.3. The van der Waals surface area contributed by atoms with Crippen molar-refractivity contribution in [1.82, 2.24) is 5.32 Å². The highest BCUT2D eigenvalue weighted by Gasteiger charge is 2.22. The molecule has 0 aliphatic heterocycles. The lowest BCUT2D eigenvalue weighted by Crippen LogP contribution is -2.44. The van der Waals surface area contributed by atoms with Crippen LogP contribution in [-0.2, 0) is 14.3 Å². The average Bonchev–Trinajstić information content (AvgIpc) is 2.16. The predicted molar refractivity (Wildman–Crippen MR) is 68.5 cm³/mol. The molecule has 1 amide bonds. The summed E-state index contributed by atoms with van der Waals surface area (Å²) in [5.74, 6) is -0.831. The SMILES string of the molecule is CCC.C[C@H](NC(=O)CN)C(=O)OC(C)(C)C. The van der Waals surface area contributed by atoms with Crippen LogP contribution in [0.2, 0.25) is 0 Å². The minimum absolute atomic E-state index is 0.132. The molecule has 0 rings (SSSR count). The third-order valence-corrected chi connectivity index (χ3v) is 1.32. The second-order valence-corrected chi connectivity index (χ2v) is 4.73. The van der Waals surface area contributed by atoms with E-state index < -0.39 is 17.6 Å². The summed E-state index contributed by atoms with van der Waals surface area (Å²) in [4.78, 5) is 22.2. The van der Waals surface area contributed by atoms with Gasteiger partial charge in [0.15, 0.2) is 0 Å². The fourth-order valence-corrected chi connectivity index (χ4v) is 0.749. The van der Waals surface area contributed by atoms with Gasteiger partial charge in [-0.1, -0.05) is 20.3 Å². The van der Waals surface area contributed by atoms with Crippen LogP contribution in [0.5, 0.6) is 0 Å². The second kappa shape index (κ2) is 8.98. The highest BCUT2D eigenvalue weighted by Crippen LogP contribution is 2.08. The van der Waals surface area contributed by atoms with Crippen LogP contribution in [0, 0.1) is 0 Å². The highest BCUT2D eigenvalue weighted by atomic mass is 16.6. The van der Waals surface area contributed by atoms with Crippen LogP contribution in [0.4, 0.5) is 0 Å². The van der Waals surface area contributed by atoms with Gasteiger partial charge >= 0.3 is 5.97 Å². The molecule has 0 aliphatic rings. The van der Waals surface area contributed by atoms with Crippen LogP contribution >= 0.6 is 0 Å². The first-order valence-electron chi connectivity index (χ1n) is 5.90. The number of carbonyl (C=O) groups excluding carboxylic acids is 2. The topological polar surface area (TPSA) is 81.4 Å². The molecule has 102 valence electrons. The smallest absolute Gasteiger partial charge is 0.328 e. The minimum atomic E-state index is -0.662. The van der Waals surface area contributed by atoms with E-state index in [2.05, 4.69) is 19.2 Å². The molecule has 0 spiro atoms. The van der Waals surface area contributed by atoms with E-state index in [0.29, 0.717) is 0 Å². The molecule has 0 saturated heterocycles. The zero-order chi connectivity index (χ0) is 14.1. The van der Waals surface area contributed by atoms with Crippen molar-refractivity contribution in [2.45, 2.75) is 59.6 Å². The Morgan fingerprint density at radius 3 is 2.00 bits per heavy atom. The highest BCUT2D eigenvalue weighted by molar-refractivity contribution is 5.85. The van der Waals surface area contributed by atoms with Crippen molar-refractivity contribution in [2.75, 3.05) is 6.54 Å². The predicted octanol–water partition coefficient (Wildman–Crippen LogP) is 1.21. The molecule has 3 N–H and O–H groups in total. The third-order valence-electron chi connectivity index (χ3n) is 1.32. The molecule has 0 unspecified atom stereocenters. The zero-order valence-electron chi connectivity index (χ0n) is 11.8. The lowest BCUT2D eigenvalue weighted by Gasteiger charge is -2.22. The first-order valence-corrected chi connectivity index (χ1v) is 5.90. The van der Waals surface area contributed by atoms with E-state index in [0.717, 1.165) is 0 Å². The molecule has 0 aromatic rings. The summed E-state index contributed by atoms with van der Waals surface area (Å²) >= 11 is 0. The molecule has 0 aliphatic carbocycles. The summed E-state index contributed by atoms with van der Waals surface area (Å²) < 4.78 is 5.05. The fraction of sp³-hybridized carbons (Fsp3) is 0.833. The van der Waals surface area contributed by atoms with Crippen LogP contribution < -0.4 is 11.1 Å². The molecule has 0 heterocycles. The van der Waals surface area contributed by atoms with Crippen LogP contribution in [-0.4, -0.2) is 30.1 Å². The summed E-state index contributed by atoms with van der Waals surface area (Å²) in [6.45, 7) is 11.0. The maximum atomic E-state index is 11.3. The van der Waals surface area contributed by atoms with Crippen molar-refractivity contribution in [3.8, 4) is 0 Å². The molecule has 1 atom stereocenters. The molecule has 5 heteroatoms. The van der Waals surface area contributed by atoms with Crippen LogP contribution in [0.3, 0.4) is 0 Å². The summed E-state index contributed by atoms with van der Waals surface area (Å²) in [6.07, 6.45) is 1.25. The number of nitrogens with one attached hydrogen (secondary N) is 1. The Bertz CT molecular complexity index is 234. The zero-order valence-corrected chi connectivity index (χ0v) is 11.8. The lowest BCUT2D eigenvalue weighted by atomic mass is 10.2. The van der Waals surface area contributed by atoms with E-state index in [4.69, 9.17) is 10.5 Å². The number of carbonyl (C=O) groups is 2. The fourth-order valence-electron chi connectivity index (χ4n) is 0.749. The summed E-state index contributed by atoms with van der Waals surface area (Å²) in [5, 5.41) is 2.41. The van der Waals surface area contributed by atoms with Gasteiger partial charge < -0.3 is 15.8 Å². The monoisotopic (exact) mass is 246 g/mol. The number of ether oxygens (including phenoxy) is 1. The van der Waals surface area contributed by atoms with Crippen LogP contribution in [0.1, 0.15) is 48.0 Å². The number of amides is 1. The van der Waals surface area contributed by atoms with Crippen molar-refractivity contribution >= 4 is 11.9 Å². The normalized spacial score (nSPS) is 11.9. The van der Waals surface area contributed by atoms with Crippen molar-refractivity contribution in [3.63, 3.8) is 0 Å². The number of rotatable bonds is 3. The number of nitrogens with two attached hydrogens (primary N) is 1. The van der Waals surface area contributed by atoms with Crippen molar-refractivity contribution < 1.29 is 14.3 Å². The van der Waals surface area contributed by atoms with Crippen molar-refractivity contribution in [3.05, 3.63) is 0 Å². The summed E-state index contributed by atoms with van der Waals surface area (Å²) in [7, 11) is 0. The molecule has 0 saturated carbocycles. The van der Waals surface area contributed by atoms with Gasteiger partial charge in [-0.25, -0.2) is 4.79 Å². The molecule has 0 aromatic carbocycles. The Labute approximate surface area is 104 Å². The maximum absolute atomic E-state index is 11.3. The van der Waals surface area contributed by atoms with E-state index in [-0.39, 0.29) is 12.5 Å². The Kier molecular flexibility index (Phi) is 9.66. The van der Waals surface area contributed by atoms with Gasteiger partial charge in [-0.3, -0.25) is 4.79 Å². The minimum Gasteiger partial charge on any atom is -0.458 e. The van der Waals surface area contributed by atoms with E-state index in [1.807, 2.05) is 0 Å². The number of esters is 1. The molecule has 17 heavy (non-hydrogen) atoms. The maximum Gasteiger partial charge on any atom is 0.328 e. The van der Waals surface area contributed by atoms with E-state index >= 15 is 0 Å². The lowest BCUT2D eigenvalue weighted by molar-refractivity contribution is -0.158. The molecular formula is C12H26N2O3. The van der Waals surface area contributed by atoms with E-state index in [9.17, 15) is 9.59 Å². The molecular weight excluding hydrogens is 220 g/mol. The molecule has 5 nitrogen and oxygen atoms in total. The second-order valence-electron chi connectivity index (χ2n) is 4.73. The van der Waals surface area contributed by atoms with Gasteiger partial charge in [0.1, 0.15) is 11.6 Å². The van der Waals surface area contributed by atoms with Gasteiger partial charge in [0.05, 0.1) is 6.54 Å². The summed E-state index contributed by atoms with van der Waals surface area (Å²) in [6, 6.07) is -0.662. The van der Waals surface area contributed by atoms with E-state index in [1.165, 1.54) is 6.42 Å². The Morgan fingerprint density at radius 1 is 1.29 bits per heavy atom.